The second-order valence-corrected chi connectivity index (χ2v) is 6.52. The first-order chi connectivity index (χ1) is 7.48. The average molecular weight is 278 g/mol. The van der Waals surface area contributed by atoms with Crippen LogP contribution in [-0.2, 0) is 6.42 Å². The third-order valence-corrected chi connectivity index (χ3v) is 4.37. The Hall–Kier alpha value is 0.0900. The fraction of sp³-hybridized carbons (Fsp3) is 0.538. The fourth-order valence-corrected chi connectivity index (χ4v) is 3.49. The van der Waals surface area contributed by atoms with Crippen molar-refractivity contribution in [3.05, 3.63) is 33.8 Å². The number of rotatable bonds is 2. The van der Waals surface area contributed by atoms with Gasteiger partial charge >= 0.3 is 0 Å². The second-order valence-electron chi connectivity index (χ2n) is 5.06. The third-order valence-electron chi connectivity index (χ3n) is 3.41. The standard InChI is InChI=1S/C13H15Cl3/c1-13(5-4-11(15)8-13)7-9-2-3-10(14)6-12(9)16/h2-3,6,11H,4-5,7-8H2,1H3. The summed E-state index contributed by atoms with van der Waals surface area (Å²) in [5.74, 6) is 0. The lowest BCUT2D eigenvalue weighted by Crippen LogP contribution is -2.16. The molecule has 1 saturated carbocycles. The lowest BCUT2D eigenvalue weighted by molar-refractivity contribution is 0.335. The first-order valence-corrected chi connectivity index (χ1v) is 6.76. The van der Waals surface area contributed by atoms with Gasteiger partial charge in [-0.25, -0.2) is 0 Å². The smallest absolute Gasteiger partial charge is 0.0453 e. The second kappa shape index (κ2) is 4.76. The van der Waals surface area contributed by atoms with Gasteiger partial charge in [0.2, 0.25) is 0 Å². The largest absolute Gasteiger partial charge is 0.123 e. The molecule has 1 aliphatic rings. The van der Waals surface area contributed by atoms with E-state index in [-0.39, 0.29) is 0 Å². The van der Waals surface area contributed by atoms with Crippen molar-refractivity contribution in [1.29, 1.82) is 0 Å². The molecule has 88 valence electrons. The van der Waals surface area contributed by atoms with Crippen molar-refractivity contribution in [3.63, 3.8) is 0 Å². The quantitative estimate of drug-likeness (QED) is 0.641. The molecule has 0 bridgehead atoms. The third kappa shape index (κ3) is 2.85. The molecule has 0 amide bonds. The summed E-state index contributed by atoms with van der Waals surface area (Å²) in [5, 5.41) is 1.79. The molecule has 1 aromatic carbocycles. The van der Waals surface area contributed by atoms with E-state index in [0.29, 0.717) is 15.8 Å². The Balaban J connectivity index is 2.14. The number of hydrogen-bond donors (Lipinski definition) is 0. The molecule has 0 spiro atoms. The molecule has 2 rings (SSSR count). The van der Waals surface area contributed by atoms with E-state index in [4.69, 9.17) is 34.8 Å². The van der Waals surface area contributed by atoms with Crippen LogP contribution in [0.4, 0.5) is 0 Å². The molecule has 0 nitrogen and oxygen atoms in total. The van der Waals surface area contributed by atoms with Crippen molar-refractivity contribution < 1.29 is 0 Å². The maximum atomic E-state index is 6.19. The van der Waals surface area contributed by atoms with Crippen LogP contribution in [0, 0.1) is 5.41 Å². The van der Waals surface area contributed by atoms with E-state index in [9.17, 15) is 0 Å². The molecular weight excluding hydrogens is 263 g/mol. The van der Waals surface area contributed by atoms with Crippen LogP contribution in [0.25, 0.3) is 0 Å². The van der Waals surface area contributed by atoms with Gasteiger partial charge in [-0.15, -0.1) is 11.6 Å². The number of benzene rings is 1. The van der Waals surface area contributed by atoms with E-state index in [1.807, 2.05) is 18.2 Å². The molecule has 16 heavy (non-hydrogen) atoms. The van der Waals surface area contributed by atoms with Gasteiger partial charge in [0.25, 0.3) is 0 Å². The molecule has 0 aromatic heterocycles. The molecule has 0 aliphatic heterocycles. The summed E-state index contributed by atoms with van der Waals surface area (Å²) in [6.45, 7) is 2.29. The van der Waals surface area contributed by atoms with Gasteiger partial charge in [-0.2, -0.15) is 0 Å². The van der Waals surface area contributed by atoms with Crippen molar-refractivity contribution in [2.24, 2.45) is 5.41 Å². The molecule has 2 atom stereocenters. The Morgan fingerprint density at radius 1 is 1.38 bits per heavy atom. The first-order valence-electron chi connectivity index (χ1n) is 5.56. The summed E-state index contributed by atoms with van der Waals surface area (Å²) >= 11 is 18.2. The zero-order valence-electron chi connectivity index (χ0n) is 9.27. The van der Waals surface area contributed by atoms with Gasteiger partial charge in [0.1, 0.15) is 0 Å². The normalized spacial score (nSPS) is 29.6. The molecule has 3 heteroatoms. The number of halogens is 3. The molecule has 2 unspecified atom stereocenters. The van der Waals surface area contributed by atoms with Crippen LogP contribution in [0.3, 0.4) is 0 Å². The molecule has 1 aromatic rings. The summed E-state index contributed by atoms with van der Waals surface area (Å²) in [6.07, 6.45) is 4.36. The van der Waals surface area contributed by atoms with Crippen LogP contribution in [0.15, 0.2) is 18.2 Å². The summed E-state index contributed by atoms with van der Waals surface area (Å²) in [5.41, 5.74) is 1.48. The van der Waals surface area contributed by atoms with Crippen LogP contribution in [0.1, 0.15) is 31.7 Å². The minimum atomic E-state index is 0.296. The monoisotopic (exact) mass is 276 g/mol. The summed E-state index contributed by atoms with van der Waals surface area (Å²) in [7, 11) is 0. The van der Waals surface area contributed by atoms with Crippen LogP contribution in [-0.4, -0.2) is 5.38 Å². The molecular formula is C13H15Cl3. The van der Waals surface area contributed by atoms with Gasteiger partial charge in [-0.1, -0.05) is 36.2 Å². The van der Waals surface area contributed by atoms with Crippen molar-refractivity contribution in [2.75, 3.05) is 0 Å². The lowest BCUT2D eigenvalue weighted by Gasteiger charge is -2.24. The maximum absolute atomic E-state index is 6.19. The molecule has 0 saturated heterocycles. The highest BCUT2D eigenvalue weighted by molar-refractivity contribution is 6.35. The Bertz CT molecular complexity index is 389. The summed E-state index contributed by atoms with van der Waals surface area (Å²) in [4.78, 5) is 0. The van der Waals surface area contributed by atoms with E-state index < -0.39 is 0 Å². The van der Waals surface area contributed by atoms with E-state index in [1.54, 1.807) is 0 Å². The van der Waals surface area contributed by atoms with Crippen LogP contribution in [0.2, 0.25) is 10.0 Å². The number of hydrogen-bond acceptors (Lipinski definition) is 0. The summed E-state index contributed by atoms with van der Waals surface area (Å²) < 4.78 is 0. The fourth-order valence-electron chi connectivity index (χ4n) is 2.53. The van der Waals surface area contributed by atoms with E-state index >= 15 is 0 Å². The van der Waals surface area contributed by atoms with Gasteiger partial charge in [0.15, 0.2) is 0 Å². The minimum absolute atomic E-state index is 0.296. The maximum Gasteiger partial charge on any atom is 0.0453 e. The zero-order valence-corrected chi connectivity index (χ0v) is 11.5. The van der Waals surface area contributed by atoms with Crippen LogP contribution >= 0.6 is 34.8 Å². The molecule has 1 fully saturated rings. The van der Waals surface area contributed by atoms with Crippen LogP contribution in [0.5, 0.6) is 0 Å². The Morgan fingerprint density at radius 3 is 2.69 bits per heavy atom. The minimum Gasteiger partial charge on any atom is -0.123 e. The first kappa shape index (κ1) is 12.5. The lowest BCUT2D eigenvalue weighted by atomic mass is 9.82. The van der Waals surface area contributed by atoms with Gasteiger partial charge in [-0.05, 0) is 48.8 Å². The number of alkyl halides is 1. The van der Waals surface area contributed by atoms with Gasteiger partial charge in [-0.3, -0.25) is 0 Å². The van der Waals surface area contributed by atoms with Crippen LogP contribution < -0.4 is 0 Å². The molecule has 1 aliphatic carbocycles. The molecule has 0 N–H and O–H groups in total. The van der Waals surface area contributed by atoms with E-state index in [1.165, 1.54) is 12.0 Å². The highest BCUT2D eigenvalue weighted by atomic mass is 35.5. The topological polar surface area (TPSA) is 0 Å². The van der Waals surface area contributed by atoms with Gasteiger partial charge in [0.05, 0.1) is 0 Å². The Kier molecular flexibility index (Phi) is 3.73. The predicted molar refractivity (Wildman–Crippen MR) is 71.8 cm³/mol. The van der Waals surface area contributed by atoms with Crippen molar-refractivity contribution in [1.82, 2.24) is 0 Å². The van der Waals surface area contributed by atoms with E-state index in [0.717, 1.165) is 24.3 Å². The van der Waals surface area contributed by atoms with E-state index in [2.05, 4.69) is 6.92 Å². The highest BCUT2D eigenvalue weighted by Crippen LogP contribution is 2.43. The SMILES string of the molecule is CC1(Cc2ccc(Cl)cc2Cl)CCC(Cl)C1. The van der Waals surface area contributed by atoms with Crippen molar-refractivity contribution >= 4 is 34.8 Å². The average Bonchev–Trinajstić information content (AvgIpc) is 2.52. The Morgan fingerprint density at radius 2 is 2.12 bits per heavy atom. The Labute approximate surface area is 112 Å². The summed E-state index contributed by atoms with van der Waals surface area (Å²) in [6, 6.07) is 5.74. The van der Waals surface area contributed by atoms with Gasteiger partial charge in [0, 0.05) is 15.4 Å². The van der Waals surface area contributed by atoms with Gasteiger partial charge < -0.3 is 0 Å². The molecule has 0 radical (unpaired) electrons. The predicted octanol–water partition coefficient (Wildman–Crippen LogP) is 5.33. The molecule has 0 heterocycles. The van der Waals surface area contributed by atoms with Crippen molar-refractivity contribution in [2.45, 2.75) is 38.0 Å². The van der Waals surface area contributed by atoms with Crippen molar-refractivity contribution in [3.8, 4) is 0 Å². The zero-order chi connectivity index (χ0) is 11.8. The highest BCUT2D eigenvalue weighted by Gasteiger charge is 2.34.